The van der Waals surface area contributed by atoms with Crippen LogP contribution in [0.2, 0.25) is 0 Å². The van der Waals surface area contributed by atoms with E-state index in [0.717, 1.165) is 4.57 Å². The number of aromatic nitrogens is 2. The molecule has 8 heteroatoms. The summed E-state index contributed by atoms with van der Waals surface area (Å²) >= 11 is 0. The largest absolute Gasteiger partial charge is 0.372 e. The van der Waals surface area contributed by atoms with Crippen LogP contribution in [0.25, 0.3) is 0 Å². The first-order valence-corrected chi connectivity index (χ1v) is 6.53. The average Bonchev–Trinajstić information content (AvgIpc) is 2.83. The highest BCUT2D eigenvalue weighted by Crippen LogP contribution is 2.54. The Morgan fingerprint density at radius 3 is 2.55 bits per heavy atom. The van der Waals surface area contributed by atoms with Crippen molar-refractivity contribution in [1.29, 1.82) is 0 Å². The molecule has 1 aromatic carbocycles. The second-order valence-electron chi connectivity index (χ2n) is 5.46. The Balaban J connectivity index is 2.16. The number of aromatic amines is 1. The summed E-state index contributed by atoms with van der Waals surface area (Å²) in [5.74, 6) is -0.873. The Kier molecular flexibility index (Phi) is 2.09. The van der Waals surface area contributed by atoms with Gasteiger partial charge in [0.15, 0.2) is 0 Å². The van der Waals surface area contributed by atoms with Crippen LogP contribution in [0.15, 0.2) is 33.9 Å². The molecule has 2 heterocycles. The fourth-order valence-electron chi connectivity index (χ4n) is 3.28. The number of nitrogens with zero attached hydrogens (tertiary/aromatic N) is 1. The van der Waals surface area contributed by atoms with Gasteiger partial charge in [0.1, 0.15) is 11.4 Å². The normalized spacial score (nSPS) is 28.0. The van der Waals surface area contributed by atoms with Gasteiger partial charge in [-0.25, -0.2) is 4.79 Å². The third-order valence-corrected chi connectivity index (χ3v) is 4.40. The van der Waals surface area contributed by atoms with Crippen molar-refractivity contribution in [2.45, 2.75) is 11.3 Å². The van der Waals surface area contributed by atoms with Gasteiger partial charge in [-0.15, -0.1) is 0 Å². The zero-order chi connectivity index (χ0) is 15.9. The van der Waals surface area contributed by atoms with Crippen molar-refractivity contribution in [2.24, 2.45) is 7.05 Å². The van der Waals surface area contributed by atoms with Gasteiger partial charge in [0.25, 0.3) is 5.56 Å². The molecule has 0 saturated carbocycles. The van der Waals surface area contributed by atoms with Gasteiger partial charge in [-0.3, -0.25) is 19.1 Å². The molecule has 2 atom stereocenters. The summed E-state index contributed by atoms with van der Waals surface area (Å²) in [7, 11) is 1.36. The minimum atomic E-state index is -2.48. The van der Waals surface area contributed by atoms with E-state index in [-0.39, 0.29) is 22.5 Å². The molecule has 0 fully saturated rings. The quantitative estimate of drug-likeness (QED) is 0.481. The molecule has 4 N–H and O–H groups in total. The lowest BCUT2D eigenvalue weighted by atomic mass is 9.88. The average molecular weight is 301 g/mol. The minimum absolute atomic E-state index is 0.0818. The number of ketones is 1. The highest BCUT2D eigenvalue weighted by Gasteiger charge is 2.69. The number of Topliss-reactive ketones (excluding diaryl/α,β-unsaturated/α-hetero) is 1. The first-order valence-electron chi connectivity index (χ1n) is 6.53. The fourth-order valence-corrected chi connectivity index (χ4v) is 3.28. The van der Waals surface area contributed by atoms with Crippen molar-refractivity contribution in [3.8, 4) is 0 Å². The summed E-state index contributed by atoms with van der Waals surface area (Å²) in [6.45, 7) is 0. The maximum atomic E-state index is 12.6. The Morgan fingerprint density at radius 2 is 1.82 bits per heavy atom. The van der Waals surface area contributed by atoms with E-state index in [4.69, 9.17) is 0 Å². The predicted molar refractivity (Wildman–Crippen MR) is 74.5 cm³/mol. The number of rotatable bonds is 0. The van der Waals surface area contributed by atoms with E-state index in [1.165, 1.54) is 19.2 Å². The van der Waals surface area contributed by atoms with Crippen LogP contribution in [0.1, 0.15) is 21.5 Å². The molecule has 0 spiro atoms. The number of anilines is 1. The Bertz CT molecular complexity index is 975. The van der Waals surface area contributed by atoms with E-state index in [2.05, 4.69) is 5.32 Å². The molecular weight excluding hydrogens is 290 g/mol. The van der Waals surface area contributed by atoms with E-state index in [0.29, 0.717) is 0 Å². The summed E-state index contributed by atoms with van der Waals surface area (Å²) in [5, 5.41) is 24.4. The first-order chi connectivity index (χ1) is 10.3. The summed E-state index contributed by atoms with van der Waals surface area (Å²) in [6, 6.07) is 6.14. The molecule has 1 aliphatic carbocycles. The predicted octanol–water partition coefficient (Wildman–Crippen LogP) is -1.27. The van der Waals surface area contributed by atoms with Crippen LogP contribution >= 0.6 is 0 Å². The molecule has 112 valence electrons. The van der Waals surface area contributed by atoms with E-state index >= 15 is 0 Å². The van der Waals surface area contributed by atoms with Crippen LogP contribution in [0.4, 0.5) is 5.82 Å². The van der Waals surface area contributed by atoms with E-state index in [1.54, 1.807) is 12.1 Å². The standard InChI is InChI=1S/C14H11N3O5/c1-17-10-8(11(19)15-12(17)20)13(21)9(18)6-4-2-3-5-7(6)14(13,22)16-10/h2-5,16,21-22H,1H3,(H,15,19,20)/t13-,14+/m1/s1. The highest BCUT2D eigenvalue weighted by atomic mass is 16.4. The smallest absolute Gasteiger partial charge is 0.329 e. The molecular formula is C14H11N3O5. The van der Waals surface area contributed by atoms with Crippen LogP contribution < -0.4 is 16.6 Å². The van der Waals surface area contributed by atoms with Gasteiger partial charge in [-0.1, -0.05) is 24.3 Å². The van der Waals surface area contributed by atoms with Crippen LogP contribution in [-0.4, -0.2) is 25.5 Å². The van der Waals surface area contributed by atoms with Crippen LogP contribution in [-0.2, 0) is 18.4 Å². The molecule has 4 rings (SSSR count). The number of carbonyl (C=O) groups is 1. The van der Waals surface area contributed by atoms with Crippen molar-refractivity contribution in [2.75, 3.05) is 5.32 Å². The number of fused-ring (bicyclic) bond motifs is 5. The van der Waals surface area contributed by atoms with Gasteiger partial charge < -0.3 is 15.5 Å². The van der Waals surface area contributed by atoms with Gasteiger partial charge in [0, 0.05) is 18.2 Å². The Morgan fingerprint density at radius 1 is 1.14 bits per heavy atom. The van der Waals surface area contributed by atoms with Crippen molar-refractivity contribution in [3.05, 3.63) is 61.8 Å². The van der Waals surface area contributed by atoms with Gasteiger partial charge in [-0.2, -0.15) is 0 Å². The highest BCUT2D eigenvalue weighted by molar-refractivity contribution is 6.11. The van der Waals surface area contributed by atoms with Crippen molar-refractivity contribution in [3.63, 3.8) is 0 Å². The molecule has 8 nitrogen and oxygen atoms in total. The number of hydrogen-bond donors (Lipinski definition) is 4. The number of hydrogen-bond acceptors (Lipinski definition) is 6. The number of H-pyrrole nitrogens is 1. The van der Waals surface area contributed by atoms with E-state index < -0.39 is 28.4 Å². The van der Waals surface area contributed by atoms with Crippen LogP contribution in [0.3, 0.4) is 0 Å². The molecule has 2 aliphatic rings. The number of carbonyl (C=O) groups excluding carboxylic acids is 1. The van der Waals surface area contributed by atoms with Crippen molar-refractivity contribution >= 4 is 11.6 Å². The molecule has 0 bridgehead atoms. The Labute approximate surface area is 122 Å². The fraction of sp³-hybridized carbons (Fsp3) is 0.214. The van der Waals surface area contributed by atoms with Gasteiger partial charge in [-0.05, 0) is 0 Å². The molecule has 22 heavy (non-hydrogen) atoms. The van der Waals surface area contributed by atoms with Gasteiger partial charge in [0.2, 0.25) is 17.1 Å². The molecule has 0 radical (unpaired) electrons. The van der Waals surface area contributed by atoms with Crippen molar-refractivity contribution in [1.82, 2.24) is 9.55 Å². The zero-order valence-electron chi connectivity index (χ0n) is 11.4. The maximum Gasteiger partial charge on any atom is 0.329 e. The SMILES string of the molecule is Cn1c2c(c(=O)[nH]c1=O)[C@@]1(O)C(=O)c3ccccc3[C@@]1(O)N2. The molecule has 1 aromatic heterocycles. The van der Waals surface area contributed by atoms with Gasteiger partial charge in [0.05, 0.1) is 0 Å². The summed E-state index contributed by atoms with van der Waals surface area (Å²) in [4.78, 5) is 38.5. The summed E-state index contributed by atoms with van der Waals surface area (Å²) in [5.41, 5.74) is -6.39. The summed E-state index contributed by atoms with van der Waals surface area (Å²) < 4.78 is 1.03. The molecule has 1 aliphatic heterocycles. The number of aliphatic hydroxyl groups is 2. The van der Waals surface area contributed by atoms with Gasteiger partial charge >= 0.3 is 5.69 Å². The third-order valence-electron chi connectivity index (χ3n) is 4.40. The molecule has 2 aromatic rings. The minimum Gasteiger partial charge on any atom is -0.372 e. The van der Waals surface area contributed by atoms with Crippen molar-refractivity contribution < 1.29 is 15.0 Å². The van der Waals surface area contributed by atoms with Crippen LogP contribution in [0.5, 0.6) is 0 Å². The first kappa shape index (κ1) is 13.0. The topological polar surface area (TPSA) is 124 Å². The van der Waals surface area contributed by atoms with E-state index in [1.807, 2.05) is 4.98 Å². The Hall–Kier alpha value is -2.71. The second kappa shape index (κ2) is 3.54. The summed E-state index contributed by atoms with van der Waals surface area (Å²) in [6.07, 6.45) is 0. The molecule has 0 amide bonds. The lowest BCUT2D eigenvalue weighted by Gasteiger charge is -2.29. The third kappa shape index (κ3) is 1.11. The monoisotopic (exact) mass is 301 g/mol. The molecule has 0 unspecified atom stereocenters. The lowest BCUT2D eigenvalue weighted by Crippen LogP contribution is -2.51. The van der Waals surface area contributed by atoms with E-state index in [9.17, 15) is 24.6 Å². The zero-order valence-corrected chi connectivity index (χ0v) is 11.4. The number of nitrogens with one attached hydrogen (secondary N) is 2. The lowest BCUT2D eigenvalue weighted by molar-refractivity contribution is -0.101. The number of benzene rings is 1. The second-order valence-corrected chi connectivity index (χ2v) is 5.46. The van der Waals surface area contributed by atoms with Crippen LogP contribution in [0, 0.1) is 0 Å². The molecule has 0 saturated heterocycles. The maximum absolute atomic E-state index is 12.6.